The van der Waals surface area contributed by atoms with Gasteiger partial charge in [-0.2, -0.15) is 5.10 Å². The largest absolute Gasteiger partial charge is 0.324 e. The third kappa shape index (κ3) is 3.58. The van der Waals surface area contributed by atoms with E-state index in [1.807, 2.05) is 13.0 Å². The Labute approximate surface area is 165 Å². The molecule has 1 fully saturated rings. The van der Waals surface area contributed by atoms with Gasteiger partial charge in [0.25, 0.3) is 6.43 Å². The minimum atomic E-state index is -2.62. The highest BCUT2D eigenvalue weighted by Crippen LogP contribution is 2.41. The highest BCUT2D eigenvalue weighted by Gasteiger charge is 2.29. The number of rotatable bonds is 5. The van der Waals surface area contributed by atoms with Crippen LogP contribution in [0.4, 0.5) is 14.5 Å². The summed E-state index contributed by atoms with van der Waals surface area (Å²) in [7, 11) is 0. The Kier molecular flexibility index (Phi) is 4.79. The standard InChI is InChI=1S/C20H19ClF2N4O/c1-10-3-6-13(7-15(10)21)24-17(28)9-27-20-18(11(2)26-27)14(19(22)23)8-16(25-20)12-4-5-12/h3,6-8,12,19H,4-5,9H2,1-2H3,(H,24,28). The number of carbonyl (C=O) groups is 1. The van der Waals surface area contributed by atoms with Crippen LogP contribution in [0.15, 0.2) is 24.3 Å². The van der Waals surface area contributed by atoms with Gasteiger partial charge in [-0.25, -0.2) is 18.4 Å². The van der Waals surface area contributed by atoms with Crippen molar-refractivity contribution in [3.8, 4) is 0 Å². The van der Waals surface area contributed by atoms with Crippen molar-refractivity contribution in [1.29, 1.82) is 0 Å². The smallest absolute Gasteiger partial charge is 0.264 e. The second-order valence-electron chi connectivity index (χ2n) is 7.17. The van der Waals surface area contributed by atoms with E-state index in [1.165, 1.54) is 10.7 Å². The first-order valence-electron chi connectivity index (χ1n) is 9.05. The maximum Gasteiger partial charge on any atom is 0.264 e. The maximum absolute atomic E-state index is 13.6. The van der Waals surface area contributed by atoms with Crippen molar-refractivity contribution in [2.75, 3.05) is 5.32 Å². The van der Waals surface area contributed by atoms with E-state index in [1.54, 1.807) is 19.1 Å². The molecule has 0 saturated heterocycles. The van der Waals surface area contributed by atoms with Crippen LogP contribution in [0.3, 0.4) is 0 Å². The molecule has 1 aliphatic carbocycles. The molecule has 3 aromatic rings. The Balaban J connectivity index is 1.66. The number of aryl methyl sites for hydroxylation is 2. The molecule has 0 atom stereocenters. The number of aromatic nitrogens is 3. The predicted octanol–water partition coefficient (Wildman–Crippen LogP) is 5.16. The molecule has 1 amide bonds. The molecule has 0 unspecified atom stereocenters. The van der Waals surface area contributed by atoms with Crippen LogP contribution in [0.25, 0.3) is 11.0 Å². The highest BCUT2D eigenvalue weighted by atomic mass is 35.5. The van der Waals surface area contributed by atoms with Crippen molar-refractivity contribution < 1.29 is 13.6 Å². The van der Waals surface area contributed by atoms with Gasteiger partial charge in [0.2, 0.25) is 5.91 Å². The van der Waals surface area contributed by atoms with Gasteiger partial charge in [-0.1, -0.05) is 17.7 Å². The molecule has 4 rings (SSSR count). The van der Waals surface area contributed by atoms with Crippen LogP contribution in [0.2, 0.25) is 5.02 Å². The summed E-state index contributed by atoms with van der Waals surface area (Å²) in [5.41, 5.74) is 2.81. The summed E-state index contributed by atoms with van der Waals surface area (Å²) < 4.78 is 28.6. The van der Waals surface area contributed by atoms with Crippen molar-refractivity contribution >= 4 is 34.2 Å². The molecule has 8 heteroatoms. The van der Waals surface area contributed by atoms with Gasteiger partial charge in [0.05, 0.1) is 11.1 Å². The highest BCUT2D eigenvalue weighted by molar-refractivity contribution is 6.31. The molecular weight excluding hydrogens is 386 g/mol. The van der Waals surface area contributed by atoms with Crippen LogP contribution < -0.4 is 5.32 Å². The lowest BCUT2D eigenvalue weighted by atomic mass is 10.1. The summed E-state index contributed by atoms with van der Waals surface area (Å²) in [6, 6.07) is 6.71. The monoisotopic (exact) mass is 404 g/mol. The first kappa shape index (κ1) is 18.8. The third-order valence-electron chi connectivity index (χ3n) is 4.91. The van der Waals surface area contributed by atoms with Crippen molar-refractivity contribution in [3.05, 3.63) is 51.8 Å². The van der Waals surface area contributed by atoms with Crippen LogP contribution in [-0.4, -0.2) is 20.7 Å². The summed E-state index contributed by atoms with van der Waals surface area (Å²) in [6.45, 7) is 3.40. The number of benzene rings is 1. The Bertz CT molecular complexity index is 1080. The lowest BCUT2D eigenvalue weighted by Gasteiger charge is -2.09. The van der Waals surface area contributed by atoms with Gasteiger partial charge in [0.15, 0.2) is 5.65 Å². The molecule has 0 radical (unpaired) electrons. The zero-order chi connectivity index (χ0) is 20.0. The second-order valence-corrected chi connectivity index (χ2v) is 7.57. The fraction of sp³-hybridized carbons (Fsp3) is 0.350. The minimum absolute atomic E-state index is 0.0682. The molecule has 0 spiro atoms. The maximum atomic E-state index is 13.6. The molecule has 1 aromatic carbocycles. The molecule has 2 aromatic heterocycles. The summed E-state index contributed by atoms with van der Waals surface area (Å²) in [4.78, 5) is 17.0. The summed E-state index contributed by atoms with van der Waals surface area (Å²) >= 11 is 6.09. The zero-order valence-corrected chi connectivity index (χ0v) is 16.2. The summed E-state index contributed by atoms with van der Waals surface area (Å²) in [6.07, 6.45) is -0.728. The average Bonchev–Trinajstić information content (AvgIpc) is 3.44. The normalized spacial score (nSPS) is 14.1. The third-order valence-corrected chi connectivity index (χ3v) is 5.31. The lowest BCUT2D eigenvalue weighted by molar-refractivity contribution is -0.116. The Morgan fingerprint density at radius 2 is 2.07 bits per heavy atom. The van der Waals surface area contributed by atoms with Gasteiger partial charge in [-0.3, -0.25) is 4.79 Å². The number of fused-ring (bicyclic) bond motifs is 1. The number of anilines is 1. The van der Waals surface area contributed by atoms with Gasteiger partial charge < -0.3 is 5.32 Å². The predicted molar refractivity (Wildman–Crippen MR) is 104 cm³/mol. The number of nitrogens with zero attached hydrogens (tertiary/aromatic N) is 3. The molecular formula is C20H19ClF2N4O. The van der Waals surface area contributed by atoms with Gasteiger partial charge >= 0.3 is 0 Å². The molecule has 5 nitrogen and oxygen atoms in total. The van der Waals surface area contributed by atoms with Crippen molar-refractivity contribution in [3.63, 3.8) is 0 Å². The minimum Gasteiger partial charge on any atom is -0.324 e. The Morgan fingerprint density at radius 3 is 2.71 bits per heavy atom. The number of carbonyl (C=O) groups excluding carboxylic acids is 1. The van der Waals surface area contributed by atoms with Crippen LogP contribution in [0.1, 0.15) is 47.7 Å². The number of amides is 1. The fourth-order valence-electron chi connectivity index (χ4n) is 3.28. The molecule has 1 N–H and O–H groups in total. The molecule has 1 aliphatic rings. The van der Waals surface area contributed by atoms with Gasteiger partial charge in [-0.15, -0.1) is 0 Å². The Morgan fingerprint density at radius 1 is 1.32 bits per heavy atom. The number of hydrogen-bond donors (Lipinski definition) is 1. The zero-order valence-electron chi connectivity index (χ0n) is 15.5. The first-order chi connectivity index (χ1) is 13.3. The number of pyridine rings is 1. The lowest BCUT2D eigenvalue weighted by Crippen LogP contribution is -2.20. The van der Waals surface area contributed by atoms with E-state index in [-0.39, 0.29) is 23.9 Å². The van der Waals surface area contributed by atoms with Crippen molar-refractivity contribution in [2.24, 2.45) is 0 Å². The molecule has 28 heavy (non-hydrogen) atoms. The van der Waals surface area contributed by atoms with Crippen LogP contribution in [-0.2, 0) is 11.3 Å². The topological polar surface area (TPSA) is 59.8 Å². The molecule has 0 bridgehead atoms. The first-order valence-corrected chi connectivity index (χ1v) is 9.43. The van der Waals surface area contributed by atoms with E-state index in [0.29, 0.717) is 33.1 Å². The molecule has 2 heterocycles. The average molecular weight is 405 g/mol. The number of nitrogens with one attached hydrogen (secondary N) is 1. The van der Waals surface area contributed by atoms with E-state index in [9.17, 15) is 13.6 Å². The van der Waals surface area contributed by atoms with Crippen LogP contribution in [0, 0.1) is 13.8 Å². The quantitative estimate of drug-likeness (QED) is 0.639. The molecule has 0 aliphatic heterocycles. The van der Waals surface area contributed by atoms with E-state index >= 15 is 0 Å². The molecule has 1 saturated carbocycles. The SMILES string of the molecule is Cc1ccc(NC(=O)Cn2nc(C)c3c(C(F)F)cc(C4CC4)nc32)cc1Cl. The summed E-state index contributed by atoms with van der Waals surface area (Å²) in [5, 5.41) is 7.94. The van der Waals surface area contributed by atoms with Gasteiger partial charge in [0.1, 0.15) is 6.54 Å². The Hall–Kier alpha value is -2.54. The van der Waals surface area contributed by atoms with Crippen LogP contribution in [0.5, 0.6) is 0 Å². The van der Waals surface area contributed by atoms with Crippen LogP contribution >= 0.6 is 11.6 Å². The van der Waals surface area contributed by atoms with Gasteiger partial charge in [-0.05, 0) is 50.5 Å². The van der Waals surface area contributed by atoms with Gasteiger partial charge in [0, 0.05) is 27.9 Å². The van der Waals surface area contributed by atoms with E-state index in [0.717, 1.165) is 18.4 Å². The van der Waals surface area contributed by atoms with E-state index in [4.69, 9.17) is 11.6 Å². The van der Waals surface area contributed by atoms with E-state index in [2.05, 4.69) is 15.4 Å². The fourth-order valence-corrected chi connectivity index (χ4v) is 3.47. The number of alkyl halides is 2. The number of halogens is 3. The molecule has 146 valence electrons. The van der Waals surface area contributed by atoms with Crippen molar-refractivity contribution in [1.82, 2.24) is 14.8 Å². The summed E-state index contributed by atoms with van der Waals surface area (Å²) in [5.74, 6) is -0.115. The number of hydrogen-bond acceptors (Lipinski definition) is 3. The van der Waals surface area contributed by atoms with Crippen molar-refractivity contribution in [2.45, 2.75) is 45.6 Å². The second kappa shape index (κ2) is 7.13. The van der Waals surface area contributed by atoms with E-state index < -0.39 is 6.43 Å².